The molecule has 1 fully saturated rings. The van der Waals surface area contributed by atoms with Crippen molar-refractivity contribution in [1.29, 1.82) is 5.26 Å². The molecule has 0 aromatic heterocycles. The van der Waals surface area contributed by atoms with Crippen LogP contribution in [0.25, 0.3) is 0 Å². The zero-order valence-corrected chi connectivity index (χ0v) is 7.74. The van der Waals surface area contributed by atoms with E-state index in [-0.39, 0.29) is 5.56 Å². The Labute approximate surface area is 85.5 Å². The first-order valence-corrected chi connectivity index (χ1v) is 4.36. The first kappa shape index (κ1) is 9.46. The minimum atomic E-state index is -0.589. The molecule has 1 aromatic rings. The number of carbonyl (C=O) groups is 1. The average molecular weight is 206 g/mol. The maximum absolute atomic E-state index is 13.0. The van der Waals surface area contributed by atoms with Crippen LogP contribution in [0.1, 0.15) is 5.56 Å². The molecule has 0 unspecified atom stereocenters. The average Bonchev–Trinajstić information content (AvgIpc) is 2.65. The number of hydrogen-bond acceptors (Lipinski definition) is 3. The fourth-order valence-electron chi connectivity index (χ4n) is 1.39. The Bertz CT molecular complexity index is 453. The molecule has 0 saturated carbocycles. The Hall–Kier alpha value is -2.09. The Balaban J connectivity index is 2.37. The highest BCUT2D eigenvalue weighted by Gasteiger charge is 2.24. The zero-order valence-electron chi connectivity index (χ0n) is 7.74. The summed E-state index contributed by atoms with van der Waals surface area (Å²) >= 11 is 0. The molecule has 2 rings (SSSR count). The first-order valence-electron chi connectivity index (χ1n) is 4.36. The van der Waals surface area contributed by atoms with Gasteiger partial charge in [0.2, 0.25) is 0 Å². The maximum atomic E-state index is 13.0. The molecule has 1 heterocycles. The lowest BCUT2D eigenvalue weighted by Gasteiger charge is -2.12. The smallest absolute Gasteiger partial charge is 0.414 e. The standard InChI is InChI=1S/C10H7FN2O2/c11-9-2-1-8(5-7(9)6-12)13-3-4-15-10(13)14/h1-2,5H,3-4H2. The van der Waals surface area contributed by atoms with E-state index in [4.69, 9.17) is 10.00 Å². The van der Waals surface area contributed by atoms with Crippen LogP contribution >= 0.6 is 0 Å². The maximum Gasteiger partial charge on any atom is 0.414 e. The van der Waals surface area contributed by atoms with Crippen molar-refractivity contribution in [2.45, 2.75) is 0 Å². The van der Waals surface area contributed by atoms with E-state index < -0.39 is 11.9 Å². The largest absolute Gasteiger partial charge is 0.447 e. The Morgan fingerprint density at radius 3 is 2.93 bits per heavy atom. The van der Waals surface area contributed by atoms with Crippen LogP contribution in [0.15, 0.2) is 18.2 Å². The summed E-state index contributed by atoms with van der Waals surface area (Å²) in [6, 6.07) is 5.67. The molecule has 1 aliphatic rings. The third kappa shape index (κ3) is 1.62. The summed E-state index contributed by atoms with van der Waals surface area (Å²) in [5, 5.41) is 8.63. The summed E-state index contributed by atoms with van der Waals surface area (Å²) in [6.07, 6.45) is -0.467. The minimum absolute atomic E-state index is 0.0767. The molecule has 1 aliphatic heterocycles. The fourth-order valence-corrected chi connectivity index (χ4v) is 1.39. The van der Waals surface area contributed by atoms with E-state index in [1.165, 1.54) is 23.1 Å². The highest BCUT2D eigenvalue weighted by molar-refractivity contribution is 5.89. The van der Waals surface area contributed by atoms with E-state index >= 15 is 0 Å². The predicted molar refractivity (Wildman–Crippen MR) is 49.8 cm³/mol. The molecule has 1 aromatic carbocycles. The summed E-state index contributed by atoms with van der Waals surface area (Å²) in [4.78, 5) is 12.5. The Morgan fingerprint density at radius 2 is 2.33 bits per heavy atom. The second-order valence-corrected chi connectivity index (χ2v) is 3.04. The number of carbonyl (C=O) groups excluding carboxylic acids is 1. The Kier molecular flexibility index (Phi) is 2.26. The van der Waals surface area contributed by atoms with Gasteiger partial charge in [-0.1, -0.05) is 0 Å². The number of amides is 1. The van der Waals surface area contributed by atoms with E-state index in [9.17, 15) is 9.18 Å². The number of ether oxygens (including phenoxy) is 1. The van der Waals surface area contributed by atoms with Gasteiger partial charge in [-0.25, -0.2) is 9.18 Å². The van der Waals surface area contributed by atoms with Crippen molar-refractivity contribution < 1.29 is 13.9 Å². The monoisotopic (exact) mass is 206 g/mol. The minimum Gasteiger partial charge on any atom is -0.447 e. The van der Waals surface area contributed by atoms with Gasteiger partial charge >= 0.3 is 6.09 Å². The molecular formula is C10H7FN2O2. The number of nitrogens with zero attached hydrogens (tertiary/aromatic N) is 2. The van der Waals surface area contributed by atoms with Crippen molar-refractivity contribution >= 4 is 11.8 Å². The topological polar surface area (TPSA) is 53.3 Å². The molecule has 0 aliphatic carbocycles. The fraction of sp³-hybridized carbons (Fsp3) is 0.200. The van der Waals surface area contributed by atoms with Gasteiger partial charge in [-0.3, -0.25) is 4.90 Å². The molecule has 0 radical (unpaired) electrons. The van der Waals surface area contributed by atoms with Crippen LogP contribution in [0.2, 0.25) is 0 Å². The van der Waals surface area contributed by atoms with E-state index in [2.05, 4.69) is 0 Å². The van der Waals surface area contributed by atoms with Gasteiger partial charge in [-0.2, -0.15) is 5.26 Å². The molecule has 76 valence electrons. The van der Waals surface area contributed by atoms with Gasteiger partial charge in [0.1, 0.15) is 18.5 Å². The van der Waals surface area contributed by atoms with Crippen LogP contribution in [-0.2, 0) is 4.74 Å². The van der Waals surface area contributed by atoms with Crippen LogP contribution in [0.3, 0.4) is 0 Å². The lowest BCUT2D eigenvalue weighted by molar-refractivity contribution is 0.181. The normalized spacial score (nSPS) is 14.9. The van der Waals surface area contributed by atoms with Crippen molar-refractivity contribution in [1.82, 2.24) is 0 Å². The van der Waals surface area contributed by atoms with Gasteiger partial charge in [0.15, 0.2) is 0 Å². The molecule has 4 nitrogen and oxygen atoms in total. The van der Waals surface area contributed by atoms with Crippen LogP contribution in [0, 0.1) is 17.1 Å². The number of nitriles is 1. The lowest BCUT2D eigenvalue weighted by atomic mass is 10.2. The van der Waals surface area contributed by atoms with Crippen molar-refractivity contribution in [3.63, 3.8) is 0 Å². The molecule has 0 atom stereocenters. The molecule has 0 bridgehead atoms. The highest BCUT2D eigenvalue weighted by Crippen LogP contribution is 2.21. The summed E-state index contributed by atoms with van der Waals surface area (Å²) in [7, 11) is 0. The van der Waals surface area contributed by atoms with Crippen LogP contribution < -0.4 is 4.90 Å². The lowest BCUT2D eigenvalue weighted by Crippen LogP contribution is -2.23. The molecule has 1 saturated heterocycles. The van der Waals surface area contributed by atoms with Gasteiger partial charge < -0.3 is 4.74 Å². The van der Waals surface area contributed by atoms with E-state index in [0.717, 1.165) is 0 Å². The second kappa shape index (κ2) is 3.58. The second-order valence-electron chi connectivity index (χ2n) is 3.04. The van der Waals surface area contributed by atoms with E-state index in [0.29, 0.717) is 18.8 Å². The number of cyclic esters (lactones) is 1. The van der Waals surface area contributed by atoms with Gasteiger partial charge in [-0.05, 0) is 18.2 Å². The van der Waals surface area contributed by atoms with E-state index in [1.807, 2.05) is 0 Å². The molecule has 1 amide bonds. The van der Waals surface area contributed by atoms with Gasteiger partial charge in [0.05, 0.1) is 12.1 Å². The van der Waals surface area contributed by atoms with Gasteiger partial charge in [-0.15, -0.1) is 0 Å². The summed E-state index contributed by atoms with van der Waals surface area (Å²) < 4.78 is 17.7. The van der Waals surface area contributed by atoms with Crippen molar-refractivity contribution in [3.05, 3.63) is 29.6 Å². The van der Waals surface area contributed by atoms with E-state index in [1.54, 1.807) is 6.07 Å². The van der Waals surface area contributed by atoms with Crippen LogP contribution in [0.4, 0.5) is 14.9 Å². The first-order chi connectivity index (χ1) is 7.22. The predicted octanol–water partition coefficient (Wildman–Crippen LogP) is 1.65. The zero-order chi connectivity index (χ0) is 10.8. The molecule has 15 heavy (non-hydrogen) atoms. The SMILES string of the molecule is N#Cc1cc(N2CCOC2=O)ccc1F. The molecule has 0 spiro atoms. The molecule has 5 heteroatoms. The number of rotatable bonds is 1. The number of halogens is 1. The van der Waals surface area contributed by atoms with Gasteiger partial charge in [0.25, 0.3) is 0 Å². The number of benzene rings is 1. The van der Waals surface area contributed by atoms with Crippen LogP contribution in [0.5, 0.6) is 0 Å². The third-order valence-corrected chi connectivity index (χ3v) is 2.14. The molecule has 0 N–H and O–H groups in total. The highest BCUT2D eigenvalue weighted by atomic mass is 19.1. The number of hydrogen-bond donors (Lipinski definition) is 0. The quantitative estimate of drug-likeness (QED) is 0.702. The Morgan fingerprint density at radius 1 is 1.53 bits per heavy atom. The third-order valence-electron chi connectivity index (χ3n) is 2.14. The summed E-state index contributed by atoms with van der Waals surface area (Å²) in [5.41, 5.74) is 0.405. The van der Waals surface area contributed by atoms with Crippen molar-refractivity contribution in [2.24, 2.45) is 0 Å². The van der Waals surface area contributed by atoms with Gasteiger partial charge in [0, 0.05) is 5.69 Å². The van der Waals surface area contributed by atoms with Crippen LogP contribution in [-0.4, -0.2) is 19.2 Å². The molecular weight excluding hydrogens is 199 g/mol. The van der Waals surface area contributed by atoms with Crippen molar-refractivity contribution in [3.8, 4) is 6.07 Å². The summed E-state index contributed by atoms with van der Waals surface area (Å²) in [5.74, 6) is -0.589. The van der Waals surface area contributed by atoms with Crippen molar-refractivity contribution in [2.75, 3.05) is 18.1 Å². The summed E-state index contributed by atoms with van der Waals surface area (Å²) in [6.45, 7) is 0.743. The number of anilines is 1.